The van der Waals surface area contributed by atoms with Gasteiger partial charge in [0.1, 0.15) is 0 Å². The molecule has 0 radical (unpaired) electrons. The topological polar surface area (TPSA) is 0 Å². The average molecular weight is 479 g/mol. The van der Waals surface area contributed by atoms with Crippen LogP contribution in [0, 0.1) is 11.8 Å². The molecule has 0 aliphatic heterocycles. The predicted molar refractivity (Wildman–Crippen MR) is 159 cm³/mol. The second-order valence-electron chi connectivity index (χ2n) is 12.1. The van der Waals surface area contributed by atoms with E-state index in [-0.39, 0.29) is 0 Å². The molecule has 0 nitrogen and oxygen atoms in total. The van der Waals surface area contributed by atoms with Gasteiger partial charge in [-0.1, -0.05) is 207 Å². The van der Waals surface area contributed by atoms with Gasteiger partial charge < -0.3 is 0 Å². The van der Waals surface area contributed by atoms with Gasteiger partial charge >= 0.3 is 0 Å². The van der Waals surface area contributed by atoms with Crippen LogP contribution in [0.3, 0.4) is 0 Å². The molecule has 0 fully saturated rings. The minimum absolute atomic E-state index is 0.963. The SMILES string of the molecule is CCCCCCCCCCCCCCCCCCCC(C)CCCCCCCC(C)CCCC. The van der Waals surface area contributed by atoms with Crippen LogP contribution in [0.5, 0.6) is 0 Å². The van der Waals surface area contributed by atoms with Gasteiger partial charge in [0.2, 0.25) is 0 Å². The Balaban J connectivity index is 3.17. The van der Waals surface area contributed by atoms with E-state index in [2.05, 4.69) is 27.7 Å². The molecular formula is C34H70. The molecule has 0 aliphatic rings. The fraction of sp³-hybridized carbons (Fsp3) is 1.00. The molecule has 0 N–H and O–H groups in total. The summed E-state index contributed by atoms with van der Waals surface area (Å²) in [6.45, 7) is 9.58. The summed E-state index contributed by atoms with van der Waals surface area (Å²) in [6.07, 6.45) is 41.2. The summed E-state index contributed by atoms with van der Waals surface area (Å²) in [5.74, 6) is 1.93. The van der Waals surface area contributed by atoms with E-state index in [0.29, 0.717) is 0 Å². The summed E-state index contributed by atoms with van der Waals surface area (Å²) in [5.41, 5.74) is 0. The first kappa shape index (κ1) is 34.0. The van der Waals surface area contributed by atoms with E-state index in [4.69, 9.17) is 0 Å². The van der Waals surface area contributed by atoms with Crippen molar-refractivity contribution in [2.45, 2.75) is 207 Å². The molecule has 2 atom stereocenters. The lowest BCUT2D eigenvalue weighted by Gasteiger charge is -2.12. The number of hydrogen-bond donors (Lipinski definition) is 0. The van der Waals surface area contributed by atoms with Crippen molar-refractivity contribution in [1.29, 1.82) is 0 Å². The van der Waals surface area contributed by atoms with E-state index in [1.165, 1.54) is 180 Å². The van der Waals surface area contributed by atoms with Crippen LogP contribution in [0.4, 0.5) is 0 Å². The highest BCUT2D eigenvalue weighted by atomic mass is 14.1. The van der Waals surface area contributed by atoms with E-state index >= 15 is 0 Å². The van der Waals surface area contributed by atoms with Crippen LogP contribution in [0.2, 0.25) is 0 Å². The minimum atomic E-state index is 0.963. The van der Waals surface area contributed by atoms with Gasteiger partial charge in [0.05, 0.1) is 0 Å². The molecule has 0 heterocycles. The molecule has 0 saturated heterocycles. The largest absolute Gasteiger partial charge is 0.0654 e. The van der Waals surface area contributed by atoms with Gasteiger partial charge in [-0.15, -0.1) is 0 Å². The molecule has 2 unspecified atom stereocenters. The van der Waals surface area contributed by atoms with Crippen molar-refractivity contribution in [3.05, 3.63) is 0 Å². The maximum atomic E-state index is 2.50. The van der Waals surface area contributed by atoms with E-state index < -0.39 is 0 Å². The summed E-state index contributed by atoms with van der Waals surface area (Å²) in [6, 6.07) is 0. The highest BCUT2D eigenvalue weighted by molar-refractivity contribution is 4.58. The third-order valence-corrected chi connectivity index (χ3v) is 8.24. The Kier molecular flexibility index (Phi) is 29.2. The molecule has 0 aliphatic carbocycles. The molecule has 0 spiro atoms. The Morgan fingerprint density at radius 3 is 0.735 bits per heavy atom. The average Bonchev–Trinajstić information content (AvgIpc) is 2.84. The Labute approximate surface area is 219 Å². The summed E-state index contributed by atoms with van der Waals surface area (Å²) >= 11 is 0. The first-order valence-electron chi connectivity index (χ1n) is 16.7. The third-order valence-electron chi connectivity index (χ3n) is 8.24. The molecular weight excluding hydrogens is 408 g/mol. The zero-order valence-electron chi connectivity index (χ0n) is 25.0. The Morgan fingerprint density at radius 2 is 0.471 bits per heavy atom. The zero-order valence-corrected chi connectivity index (χ0v) is 25.0. The van der Waals surface area contributed by atoms with Crippen molar-refractivity contribution >= 4 is 0 Å². The van der Waals surface area contributed by atoms with E-state index in [9.17, 15) is 0 Å². The van der Waals surface area contributed by atoms with Crippen molar-refractivity contribution in [2.24, 2.45) is 11.8 Å². The van der Waals surface area contributed by atoms with Crippen LogP contribution in [0.15, 0.2) is 0 Å². The van der Waals surface area contributed by atoms with E-state index in [0.717, 1.165) is 11.8 Å². The monoisotopic (exact) mass is 479 g/mol. The zero-order chi connectivity index (χ0) is 25.0. The van der Waals surface area contributed by atoms with Crippen LogP contribution >= 0.6 is 0 Å². The molecule has 206 valence electrons. The van der Waals surface area contributed by atoms with Crippen LogP contribution in [0.1, 0.15) is 207 Å². The number of hydrogen-bond acceptors (Lipinski definition) is 0. The van der Waals surface area contributed by atoms with Crippen molar-refractivity contribution in [1.82, 2.24) is 0 Å². The molecule has 0 amide bonds. The second-order valence-corrected chi connectivity index (χ2v) is 12.1. The van der Waals surface area contributed by atoms with Gasteiger partial charge in [0, 0.05) is 0 Å². The highest BCUT2D eigenvalue weighted by Gasteiger charge is 2.04. The molecule has 34 heavy (non-hydrogen) atoms. The van der Waals surface area contributed by atoms with Gasteiger partial charge in [0.25, 0.3) is 0 Å². The Bertz CT molecular complexity index is 346. The second kappa shape index (κ2) is 29.2. The predicted octanol–water partition coefficient (Wildman–Crippen LogP) is 13.2. The van der Waals surface area contributed by atoms with E-state index in [1.54, 1.807) is 0 Å². The lowest BCUT2D eigenvalue weighted by molar-refractivity contribution is 0.420. The first-order valence-corrected chi connectivity index (χ1v) is 16.7. The molecule has 0 rings (SSSR count). The lowest BCUT2D eigenvalue weighted by Crippen LogP contribution is -1.96. The fourth-order valence-electron chi connectivity index (χ4n) is 5.57. The Hall–Kier alpha value is 0. The maximum absolute atomic E-state index is 2.50. The van der Waals surface area contributed by atoms with Crippen molar-refractivity contribution in [3.63, 3.8) is 0 Å². The van der Waals surface area contributed by atoms with Crippen molar-refractivity contribution < 1.29 is 0 Å². The van der Waals surface area contributed by atoms with Crippen LogP contribution in [-0.4, -0.2) is 0 Å². The number of rotatable bonds is 29. The third kappa shape index (κ3) is 28.2. The molecule has 0 aromatic rings. The Morgan fingerprint density at radius 1 is 0.265 bits per heavy atom. The molecule has 0 aromatic heterocycles. The van der Waals surface area contributed by atoms with E-state index in [1.807, 2.05) is 0 Å². The normalized spacial score (nSPS) is 13.4. The van der Waals surface area contributed by atoms with Gasteiger partial charge in [-0.05, 0) is 11.8 Å². The van der Waals surface area contributed by atoms with Crippen LogP contribution in [0.25, 0.3) is 0 Å². The summed E-state index contributed by atoms with van der Waals surface area (Å²) in [4.78, 5) is 0. The lowest BCUT2D eigenvalue weighted by atomic mass is 9.94. The summed E-state index contributed by atoms with van der Waals surface area (Å²) in [7, 11) is 0. The molecule has 0 bridgehead atoms. The highest BCUT2D eigenvalue weighted by Crippen LogP contribution is 2.20. The molecule has 0 heteroatoms. The molecule has 0 aromatic carbocycles. The molecule has 0 saturated carbocycles. The van der Waals surface area contributed by atoms with Crippen molar-refractivity contribution in [3.8, 4) is 0 Å². The van der Waals surface area contributed by atoms with Gasteiger partial charge in [-0.2, -0.15) is 0 Å². The first-order chi connectivity index (χ1) is 16.7. The standard InChI is InChI=1S/C34H70/c1-5-7-9-10-11-12-13-14-15-16-17-18-19-20-21-23-26-31-34(4)32-28-25-22-24-27-30-33(3)29-8-6-2/h33-34H,5-32H2,1-4H3. The quantitative estimate of drug-likeness (QED) is 0.0937. The fourth-order valence-corrected chi connectivity index (χ4v) is 5.57. The summed E-state index contributed by atoms with van der Waals surface area (Å²) < 4.78 is 0. The van der Waals surface area contributed by atoms with Crippen LogP contribution < -0.4 is 0 Å². The van der Waals surface area contributed by atoms with Crippen LogP contribution in [-0.2, 0) is 0 Å². The van der Waals surface area contributed by atoms with Gasteiger partial charge in [-0.25, -0.2) is 0 Å². The van der Waals surface area contributed by atoms with Gasteiger partial charge in [-0.3, -0.25) is 0 Å². The minimum Gasteiger partial charge on any atom is -0.0654 e. The summed E-state index contributed by atoms with van der Waals surface area (Å²) in [5, 5.41) is 0. The smallest absolute Gasteiger partial charge is 0.0443 e. The van der Waals surface area contributed by atoms with Gasteiger partial charge in [0.15, 0.2) is 0 Å². The number of unbranched alkanes of at least 4 members (excludes halogenated alkanes) is 21. The van der Waals surface area contributed by atoms with Crippen molar-refractivity contribution in [2.75, 3.05) is 0 Å². The maximum Gasteiger partial charge on any atom is -0.0443 e.